The molecule has 7 heteroatoms. The van der Waals surface area contributed by atoms with Crippen molar-refractivity contribution in [1.29, 1.82) is 0 Å². The number of ether oxygens (including phenoxy) is 1. The molecule has 6 nitrogen and oxygen atoms in total. The summed E-state index contributed by atoms with van der Waals surface area (Å²) in [5.74, 6) is 0.0874. The molecule has 0 radical (unpaired) electrons. The normalized spacial score (nSPS) is 16.3. The van der Waals surface area contributed by atoms with Crippen LogP contribution in [-0.4, -0.2) is 28.9 Å². The molecule has 2 atom stereocenters. The van der Waals surface area contributed by atoms with Gasteiger partial charge in [0.2, 0.25) is 5.91 Å². The van der Waals surface area contributed by atoms with Crippen LogP contribution in [0.15, 0.2) is 47.8 Å². The molecule has 0 saturated carbocycles. The van der Waals surface area contributed by atoms with Gasteiger partial charge in [-0.05, 0) is 63.4 Å². The van der Waals surface area contributed by atoms with Crippen LogP contribution in [0.25, 0.3) is 11.3 Å². The number of benzene rings is 2. The summed E-state index contributed by atoms with van der Waals surface area (Å²) in [6, 6.07) is 12.6. The van der Waals surface area contributed by atoms with Crippen molar-refractivity contribution in [2.75, 3.05) is 10.2 Å². The SMILES string of the molecule is CCCc1nc(-c2ccc3c(c2)N(C(C)C(=O)Nc2ccccc2C)C(=O)C(C)O3)cs1. The standard InChI is InChI=1S/C25H27N3O3S/c1-5-8-23-26-20(14-32-23)18-11-12-22-21(13-18)28(25(30)17(4)31-22)16(3)24(29)27-19-10-7-6-9-15(19)2/h6-7,9-14,16-17H,5,8H2,1-4H3,(H,27,29). The lowest BCUT2D eigenvalue weighted by molar-refractivity contribution is -0.128. The number of anilines is 2. The summed E-state index contributed by atoms with van der Waals surface area (Å²) in [5.41, 5.74) is 4.04. The van der Waals surface area contributed by atoms with Gasteiger partial charge in [0.15, 0.2) is 6.10 Å². The molecule has 1 aromatic heterocycles. The Morgan fingerprint density at radius 3 is 2.81 bits per heavy atom. The summed E-state index contributed by atoms with van der Waals surface area (Å²) in [5, 5.41) is 6.07. The van der Waals surface area contributed by atoms with Gasteiger partial charge in [0.1, 0.15) is 11.8 Å². The van der Waals surface area contributed by atoms with E-state index in [1.54, 1.807) is 30.1 Å². The van der Waals surface area contributed by atoms with Crippen molar-refractivity contribution in [2.24, 2.45) is 0 Å². The number of para-hydroxylation sites is 1. The van der Waals surface area contributed by atoms with Crippen LogP contribution in [0.4, 0.5) is 11.4 Å². The van der Waals surface area contributed by atoms with Gasteiger partial charge in [-0.3, -0.25) is 14.5 Å². The fraction of sp³-hybridized carbons (Fsp3) is 0.320. The molecule has 2 heterocycles. The molecule has 4 rings (SSSR count). The molecule has 2 unspecified atom stereocenters. The van der Waals surface area contributed by atoms with Crippen molar-refractivity contribution >= 4 is 34.5 Å². The van der Waals surface area contributed by atoms with E-state index in [1.165, 1.54) is 0 Å². The maximum atomic E-state index is 13.1. The van der Waals surface area contributed by atoms with E-state index in [1.807, 2.05) is 54.8 Å². The minimum atomic E-state index is -0.714. The van der Waals surface area contributed by atoms with Crippen LogP contribution in [0.2, 0.25) is 0 Å². The molecule has 0 aliphatic carbocycles. The third kappa shape index (κ3) is 4.25. The second-order valence-electron chi connectivity index (χ2n) is 8.01. The lowest BCUT2D eigenvalue weighted by atomic mass is 10.1. The molecule has 0 fully saturated rings. The van der Waals surface area contributed by atoms with Gasteiger partial charge in [-0.1, -0.05) is 25.1 Å². The first-order valence-corrected chi connectivity index (χ1v) is 11.7. The maximum Gasteiger partial charge on any atom is 0.268 e. The van der Waals surface area contributed by atoms with Crippen LogP contribution in [0.3, 0.4) is 0 Å². The van der Waals surface area contributed by atoms with Gasteiger partial charge in [0.25, 0.3) is 5.91 Å². The number of nitrogens with zero attached hydrogens (tertiary/aromatic N) is 2. The van der Waals surface area contributed by atoms with Crippen molar-refractivity contribution in [3.8, 4) is 17.0 Å². The molecule has 32 heavy (non-hydrogen) atoms. The van der Waals surface area contributed by atoms with Crippen LogP contribution < -0.4 is 15.0 Å². The van der Waals surface area contributed by atoms with Crippen molar-refractivity contribution in [2.45, 2.75) is 52.7 Å². The number of aryl methyl sites for hydroxylation is 2. The van der Waals surface area contributed by atoms with E-state index in [4.69, 9.17) is 9.72 Å². The average Bonchev–Trinajstić information content (AvgIpc) is 3.24. The van der Waals surface area contributed by atoms with Gasteiger partial charge in [-0.15, -0.1) is 11.3 Å². The van der Waals surface area contributed by atoms with E-state index in [9.17, 15) is 9.59 Å². The Hall–Kier alpha value is -3.19. The molecule has 2 amide bonds. The van der Waals surface area contributed by atoms with Crippen LogP contribution in [0.5, 0.6) is 5.75 Å². The fourth-order valence-corrected chi connectivity index (χ4v) is 4.67. The van der Waals surface area contributed by atoms with E-state index in [-0.39, 0.29) is 11.8 Å². The Balaban J connectivity index is 1.67. The Kier molecular flexibility index (Phi) is 6.28. The van der Waals surface area contributed by atoms with Gasteiger partial charge in [0.05, 0.1) is 16.4 Å². The van der Waals surface area contributed by atoms with Gasteiger partial charge >= 0.3 is 0 Å². The van der Waals surface area contributed by atoms with Crippen LogP contribution in [-0.2, 0) is 16.0 Å². The molecule has 166 valence electrons. The molecule has 1 aliphatic rings. The lowest BCUT2D eigenvalue weighted by Gasteiger charge is -2.36. The number of carbonyl (C=O) groups is 2. The Morgan fingerprint density at radius 2 is 2.06 bits per heavy atom. The minimum Gasteiger partial charge on any atom is -0.479 e. The number of amides is 2. The number of hydrogen-bond donors (Lipinski definition) is 1. The summed E-state index contributed by atoms with van der Waals surface area (Å²) in [7, 11) is 0. The van der Waals surface area contributed by atoms with Crippen LogP contribution in [0.1, 0.15) is 37.8 Å². The monoisotopic (exact) mass is 449 g/mol. The van der Waals surface area contributed by atoms with Crippen molar-refractivity contribution in [3.05, 3.63) is 58.4 Å². The second kappa shape index (κ2) is 9.12. The van der Waals surface area contributed by atoms with Crippen LogP contribution in [0, 0.1) is 6.92 Å². The highest BCUT2D eigenvalue weighted by Gasteiger charge is 2.37. The van der Waals surface area contributed by atoms with E-state index in [0.29, 0.717) is 11.4 Å². The van der Waals surface area contributed by atoms with Gasteiger partial charge in [-0.2, -0.15) is 0 Å². The number of hydrogen-bond acceptors (Lipinski definition) is 5. The van der Waals surface area contributed by atoms with E-state index in [0.717, 1.165) is 40.4 Å². The molecule has 2 aromatic carbocycles. The minimum absolute atomic E-state index is 0.243. The predicted molar refractivity (Wildman–Crippen MR) is 128 cm³/mol. The summed E-state index contributed by atoms with van der Waals surface area (Å²) in [4.78, 5) is 32.5. The van der Waals surface area contributed by atoms with Gasteiger partial charge in [-0.25, -0.2) is 4.98 Å². The van der Waals surface area contributed by atoms with Crippen molar-refractivity contribution < 1.29 is 14.3 Å². The highest BCUT2D eigenvalue weighted by molar-refractivity contribution is 7.09. The molecule has 1 N–H and O–H groups in total. The maximum absolute atomic E-state index is 13.1. The average molecular weight is 450 g/mol. The molecule has 3 aromatic rings. The highest BCUT2D eigenvalue weighted by Crippen LogP contribution is 2.39. The molecule has 0 bridgehead atoms. The predicted octanol–water partition coefficient (Wildman–Crippen LogP) is 5.21. The Morgan fingerprint density at radius 1 is 1.28 bits per heavy atom. The molecule has 0 spiro atoms. The largest absolute Gasteiger partial charge is 0.479 e. The molecule has 0 saturated heterocycles. The lowest BCUT2D eigenvalue weighted by Crippen LogP contribution is -2.52. The van der Waals surface area contributed by atoms with E-state index < -0.39 is 12.1 Å². The topological polar surface area (TPSA) is 71.5 Å². The number of rotatable bonds is 6. The Labute approximate surface area is 192 Å². The van der Waals surface area contributed by atoms with E-state index >= 15 is 0 Å². The smallest absolute Gasteiger partial charge is 0.268 e. The number of aromatic nitrogens is 1. The number of nitrogens with one attached hydrogen (secondary N) is 1. The second-order valence-corrected chi connectivity index (χ2v) is 8.95. The summed E-state index contributed by atoms with van der Waals surface area (Å²) >= 11 is 1.63. The number of thiazole rings is 1. The third-order valence-electron chi connectivity index (χ3n) is 5.59. The highest BCUT2D eigenvalue weighted by atomic mass is 32.1. The number of fused-ring (bicyclic) bond motifs is 1. The zero-order valence-corrected chi connectivity index (χ0v) is 19.5. The zero-order chi connectivity index (χ0) is 22.8. The summed E-state index contributed by atoms with van der Waals surface area (Å²) in [6.07, 6.45) is 1.31. The third-order valence-corrected chi connectivity index (χ3v) is 6.50. The zero-order valence-electron chi connectivity index (χ0n) is 18.7. The molecular weight excluding hydrogens is 422 g/mol. The van der Waals surface area contributed by atoms with Crippen molar-refractivity contribution in [1.82, 2.24) is 4.98 Å². The summed E-state index contributed by atoms with van der Waals surface area (Å²) < 4.78 is 5.84. The summed E-state index contributed by atoms with van der Waals surface area (Å²) in [6.45, 7) is 7.51. The Bertz CT molecular complexity index is 1160. The van der Waals surface area contributed by atoms with Gasteiger partial charge < -0.3 is 10.1 Å². The quantitative estimate of drug-likeness (QED) is 0.561. The van der Waals surface area contributed by atoms with Crippen LogP contribution >= 0.6 is 11.3 Å². The number of carbonyl (C=O) groups excluding carboxylic acids is 2. The molecular formula is C25H27N3O3S. The molecule has 1 aliphatic heterocycles. The first-order chi connectivity index (χ1) is 15.4. The fourth-order valence-electron chi connectivity index (χ4n) is 3.76. The van der Waals surface area contributed by atoms with Crippen molar-refractivity contribution in [3.63, 3.8) is 0 Å². The first-order valence-electron chi connectivity index (χ1n) is 10.8. The van der Waals surface area contributed by atoms with Gasteiger partial charge in [0, 0.05) is 16.6 Å². The first kappa shape index (κ1) is 22.0. The van der Waals surface area contributed by atoms with E-state index in [2.05, 4.69) is 12.2 Å².